The van der Waals surface area contributed by atoms with Gasteiger partial charge in [-0.1, -0.05) is 6.07 Å². The average molecular weight is 257 g/mol. The molecule has 0 saturated heterocycles. The van der Waals surface area contributed by atoms with Crippen LogP contribution in [0.25, 0.3) is 0 Å². The minimum atomic E-state index is -1.20. The molecule has 4 nitrogen and oxygen atoms in total. The van der Waals surface area contributed by atoms with Crippen LogP contribution in [0.1, 0.15) is 15.9 Å². The molecule has 18 heavy (non-hydrogen) atoms. The molecule has 1 atom stereocenters. The summed E-state index contributed by atoms with van der Waals surface area (Å²) in [6.07, 6.45) is 0.269. The van der Waals surface area contributed by atoms with Crippen LogP contribution < -0.4 is 11.5 Å². The minimum Gasteiger partial charge on any atom is -0.366 e. The van der Waals surface area contributed by atoms with Gasteiger partial charge >= 0.3 is 0 Å². The van der Waals surface area contributed by atoms with Crippen LogP contribution in [-0.2, 0) is 6.42 Å². The number of primary amides is 1. The Labute approximate surface area is 105 Å². The number of benzene rings is 1. The smallest absolute Gasteiger partial charge is 0.251 e. The Hall–Kier alpha value is -1.53. The number of carbonyl (C=O) groups excluding carboxylic acids is 1. The molecule has 1 rings (SSSR count). The molecule has 0 aliphatic heterocycles. The van der Waals surface area contributed by atoms with Gasteiger partial charge in [0.1, 0.15) is 0 Å². The fraction of sp³-hybridized carbons (Fsp3) is 0.417. The summed E-state index contributed by atoms with van der Waals surface area (Å²) in [5.74, 6) is -3.22. The topological polar surface area (TPSA) is 72.3 Å². The van der Waals surface area contributed by atoms with Crippen LogP contribution >= 0.6 is 0 Å². The number of nitrogens with two attached hydrogens (primary N) is 2. The van der Waals surface area contributed by atoms with E-state index in [2.05, 4.69) is 0 Å². The summed E-state index contributed by atoms with van der Waals surface area (Å²) in [4.78, 5) is 12.7. The third kappa shape index (κ3) is 3.02. The number of rotatable bonds is 5. The molecule has 0 fully saturated rings. The van der Waals surface area contributed by atoms with Gasteiger partial charge in [-0.15, -0.1) is 0 Å². The van der Waals surface area contributed by atoms with Crippen molar-refractivity contribution in [2.24, 2.45) is 11.5 Å². The molecule has 6 heteroatoms. The third-order valence-electron chi connectivity index (χ3n) is 2.89. The highest BCUT2D eigenvalue weighted by Gasteiger charge is 2.19. The van der Waals surface area contributed by atoms with Crippen LogP contribution in [0.15, 0.2) is 12.1 Å². The predicted octanol–water partition coefficient (Wildman–Crippen LogP) is 0.495. The summed E-state index contributed by atoms with van der Waals surface area (Å²) in [6, 6.07) is 2.46. The second-order valence-electron chi connectivity index (χ2n) is 4.32. The van der Waals surface area contributed by atoms with Gasteiger partial charge in [0, 0.05) is 12.6 Å². The van der Waals surface area contributed by atoms with E-state index >= 15 is 0 Å². The van der Waals surface area contributed by atoms with Gasteiger partial charge in [-0.25, -0.2) is 8.78 Å². The van der Waals surface area contributed by atoms with E-state index in [1.54, 1.807) is 0 Å². The van der Waals surface area contributed by atoms with E-state index in [0.717, 1.165) is 0 Å². The summed E-state index contributed by atoms with van der Waals surface area (Å²) in [5.41, 5.74) is 10.2. The SMILES string of the molecule is CN(C)[C@H](CN)Cc1ccc(C(N)=O)c(F)c1F. The Morgan fingerprint density at radius 3 is 2.39 bits per heavy atom. The van der Waals surface area contributed by atoms with Crippen LogP contribution in [0.5, 0.6) is 0 Å². The van der Waals surface area contributed by atoms with Gasteiger partial charge in [0.25, 0.3) is 5.91 Å². The number of likely N-dealkylation sites (N-methyl/N-ethyl adjacent to an activating group) is 1. The monoisotopic (exact) mass is 257 g/mol. The lowest BCUT2D eigenvalue weighted by Gasteiger charge is -2.23. The second kappa shape index (κ2) is 5.88. The highest BCUT2D eigenvalue weighted by Crippen LogP contribution is 2.18. The highest BCUT2D eigenvalue weighted by atomic mass is 19.2. The van der Waals surface area contributed by atoms with Crippen molar-refractivity contribution >= 4 is 5.91 Å². The summed E-state index contributed by atoms with van der Waals surface area (Å²) < 4.78 is 27.3. The van der Waals surface area contributed by atoms with Crippen LogP contribution in [0.4, 0.5) is 8.78 Å². The molecule has 0 aromatic heterocycles. The Bertz CT molecular complexity index is 449. The summed E-state index contributed by atoms with van der Waals surface area (Å²) >= 11 is 0. The van der Waals surface area contributed by atoms with Gasteiger partial charge in [-0.3, -0.25) is 4.79 Å². The van der Waals surface area contributed by atoms with Gasteiger partial charge in [-0.2, -0.15) is 0 Å². The maximum atomic E-state index is 13.7. The van der Waals surface area contributed by atoms with E-state index < -0.39 is 23.1 Å². The van der Waals surface area contributed by atoms with Crippen molar-refractivity contribution in [2.75, 3.05) is 20.6 Å². The molecule has 0 aliphatic carbocycles. The molecule has 0 saturated carbocycles. The first-order valence-corrected chi connectivity index (χ1v) is 5.51. The van der Waals surface area contributed by atoms with Crippen LogP contribution in [0, 0.1) is 11.6 Å². The molecule has 0 spiro atoms. The summed E-state index contributed by atoms with van der Waals surface area (Å²) in [5, 5.41) is 0. The number of carbonyl (C=O) groups is 1. The van der Waals surface area contributed by atoms with Crippen molar-refractivity contribution in [3.63, 3.8) is 0 Å². The average Bonchev–Trinajstić information content (AvgIpc) is 2.30. The lowest BCUT2D eigenvalue weighted by atomic mass is 10.0. The van der Waals surface area contributed by atoms with E-state index in [1.165, 1.54) is 12.1 Å². The van der Waals surface area contributed by atoms with E-state index in [4.69, 9.17) is 11.5 Å². The van der Waals surface area contributed by atoms with E-state index in [-0.39, 0.29) is 18.0 Å². The predicted molar refractivity (Wildman–Crippen MR) is 65.1 cm³/mol. The Morgan fingerprint density at radius 2 is 1.94 bits per heavy atom. The fourth-order valence-corrected chi connectivity index (χ4v) is 1.67. The van der Waals surface area contributed by atoms with Crippen molar-refractivity contribution in [1.82, 2.24) is 4.90 Å². The molecule has 1 amide bonds. The van der Waals surface area contributed by atoms with Crippen LogP contribution in [0.2, 0.25) is 0 Å². The normalized spacial score (nSPS) is 12.8. The van der Waals surface area contributed by atoms with Crippen molar-refractivity contribution in [1.29, 1.82) is 0 Å². The van der Waals surface area contributed by atoms with Gasteiger partial charge in [0.2, 0.25) is 0 Å². The lowest BCUT2D eigenvalue weighted by molar-refractivity contribution is 0.0995. The zero-order valence-electron chi connectivity index (χ0n) is 10.4. The van der Waals surface area contributed by atoms with Crippen LogP contribution in [0.3, 0.4) is 0 Å². The zero-order chi connectivity index (χ0) is 13.9. The number of amides is 1. The lowest BCUT2D eigenvalue weighted by Crippen LogP contribution is -2.37. The quantitative estimate of drug-likeness (QED) is 0.806. The number of hydrogen-bond acceptors (Lipinski definition) is 3. The van der Waals surface area contributed by atoms with E-state index in [9.17, 15) is 13.6 Å². The minimum absolute atomic E-state index is 0.0988. The molecular formula is C12H17F2N3O. The summed E-state index contributed by atoms with van der Waals surface area (Å²) in [6.45, 7) is 0.325. The maximum absolute atomic E-state index is 13.7. The van der Waals surface area contributed by atoms with Gasteiger partial charge in [0.15, 0.2) is 11.6 Å². The third-order valence-corrected chi connectivity index (χ3v) is 2.89. The van der Waals surface area contributed by atoms with Gasteiger partial charge in [0.05, 0.1) is 5.56 Å². The largest absolute Gasteiger partial charge is 0.366 e. The first-order valence-electron chi connectivity index (χ1n) is 5.51. The van der Waals surface area contributed by atoms with Crippen molar-refractivity contribution < 1.29 is 13.6 Å². The summed E-state index contributed by atoms with van der Waals surface area (Å²) in [7, 11) is 3.62. The standard InChI is InChI=1S/C12H17F2N3O/c1-17(2)8(6-15)5-7-3-4-9(12(16)18)11(14)10(7)13/h3-4,8H,5-6,15H2,1-2H3,(H2,16,18)/t8-/m0/s1. The van der Waals surface area contributed by atoms with Crippen molar-refractivity contribution in [3.05, 3.63) is 34.9 Å². The number of halogens is 2. The Morgan fingerprint density at radius 1 is 1.33 bits per heavy atom. The molecule has 1 aromatic carbocycles. The molecular weight excluding hydrogens is 240 g/mol. The van der Waals surface area contributed by atoms with Crippen LogP contribution in [-0.4, -0.2) is 37.5 Å². The number of hydrogen-bond donors (Lipinski definition) is 2. The Balaban J connectivity index is 3.05. The molecule has 1 aromatic rings. The van der Waals surface area contributed by atoms with Crippen molar-refractivity contribution in [3.8, 4) is 0 Å². The first kappa shape index (κ1) is 14.5. The zero-order valence-corrected chi connectivity index (χ0v) is 10.4. The second-order valence-corrected chi connectivity index (χ2v) is 4.32. The fourth-order valence-electron chi connectivity index (χ4n) is 1.67. The molecule has 0 aliphatic rings. The molecule has 0 heterocycles. The highest BCUT2D eigenvalue weighted by molar-refractivity contribution is 5.93. The Kier molecular flexibility index (Phi) is 4.75. The molecule has 100 valence electrons. The first-order chi connectivity index (χ1) is 8.38. The maximum Gasteiger partial charge on any atom is 0.251 e. The van der Waals surface area contributed by atoms with E-state index in [0.29, 0.717) is 6.54 Å². The van der Waals surface area contributed by atoms with Gasteiger partial charge in [-0.05, 0) is 32.1 Å². The molecule has 4 N–H and O–H groups in total. The van der Waals surface area contributed by atoms with Crippen molar-refractivity contribution in [2.45, 2.75) is 12.5 Å². The molecule has 0 radical (unpaired) electrons. The number of nitrogens with zero attached hydrogens (tertiary/aromatic N) is 1. The molecule has 0 bridgehead atoms. The molecule has 0 unspecified atom stereocenters. The van der Waals surface area contributed by atoms with Gasteiger partial charge < -0.3 is 16.4 Å². The van der Waals surface area contributed by atoms with E-state index in [1.807, 2.05) is 19.0 Å².